The van der Waals surface area contributed by atoms with Crippen LogP contribution in [0.15, 0.2) is 48.3 Å². The number of carbonyl (C=O) groups is 1. The standard InChI is InChI=1S/C29H40N4O4/c1-4-28(34)33-12-13-35-29-24(18-33)14-23(15-27(29)37-19-21-6-5-11-32(3)17-21)22-7-9-26(10-8-22)36-20-25(30)16-31-2/h7-10,14-16,21,31H,4-6,11-13,17-20,30H2,1-3H3/b25-16-. The summed E-state index contributed by atoms with van der Waals surface area (Å²) in [6.45, 7) is 6.57. The molecule has 2 aromatic carbocycles. The van der Waals surface area contributed by atoms with Crippen molar-refractivity contribution in [3.05, 3.63) is 53.9 Å². The number of ether oxygens (including phenoxy) is 3. The SMILES string of the molecule is CCC(=O)N1CCOc2c(cc(-c3ccc(OC/C(N)=C/NC)cc3)cc2OCC2CCCN(C)C2)C1. The average molecular weight is 509 g/mol. The van der Waals surface area contributed by atoms with Crippen molar-refractivity contribution >= 4 is 5.91 Å². The number of piperidine rings is 1. The molecule has 8 heteroatoms. The van der Waals surface area contributed by atoms with Gasteiger partial charge in [-0.2, -0.15) is 0 Å². The molecule has 1 amide bonds. The number of nitrogens with one attached hydrogen (secondary N) is 1. The quantitative estimate of drug-likeness (QED) is 0.535. The molecule has 200 valence electrons. The zero-order valence-electron chi connectivity index (χ0n) is 22.3. The molecule has 3 N–H and O–H groups in total. The fraction of sp³-hybridized carbons (Fsp3) is 0.483. The predicted molar refractivity (Wildman–Crippen MR) is 146 cm³/mol. The van der Waals surface area contributed by atoms with E-state index in [1.54, 1.807) is 13.2 Å². The lowest BCUT2D eigenvalue weighted by Gasteiger charge is -2.29. The van der Waals surface area contributed by atoms with Crippen molar-refractivity contribution in [2.24, 2.45) is 11.7 Å². The Morgan fingerprint density at radius 3 is 2.73 bits per heavy atom. The highest BCUT2D eigenvalue weighted by molar-refractivity contribution is 5.76. The van der Waals surface area contributed by atoms with E-state index in [0.29, 0.717) is 50.9 Å². The first-order valence-electron chi connectivity index (χ1n) is 13.2. The maximum absolute atomic E-state index is 12.5. The van der Waals surface area contributed by atoms with Gasteiger partial charge in [0.05, 0.1) is 18.8 Å². The van der Waals surface area contributed by atoms with Gasteiger partial charge in [-0.05, 0) is 61.8 Å². The molecule has 2 aromatic rings. The minimum Gasteiger partial charge on any atom is -0.489 e. The van der Waals surface area contributed by atoms with Crippen LogP contribution in [0.1, 0.15) is 31.7 Å². The van der Waals surface area contributed by atoms with Crippen molar-refractivity contribution in [1.29, 1.82) is 0 Å². The maximum atomic E-state index is 12.5. The lowest BCUT2D eigenvalue weighted by Crippen LogP contribution is -2.34. The highest BCUT2D eigenvalue weighted by atomic mass is 16.5. The van der Waals surface area contributed by atoms with Crippen molar-refractivity contribution < 1.29 is 19.0 Å². The third kappa shape index (κ3) is 7.10. The summed E-state index contributed by atoms with van der Waals surface area (Å²) in [4.78, 5) is 16.8. The number of fused-ring (bicyclic) bond motifs is 1. The number of hydrogen-bond acceptors (Lipinski definition) is 7. The zero-order valence-corrected chi connectivity index (χ0v) is 22.3. The van der Waals surface area contributed by atoms with E-state index < -0.39 is 0 Å². The Balaban J connectivity index is 1.59. The summed E-state index contributed by atoms with van der Waals surface area (Å²) in [5.74, 6) is 2.86. The highest BCUT2D eigenvalue weighted by Crippen LogP contribution is 2.39. The smallest absolute Gasteiger partial charge is 0.222 e. The van der Waals surface area contributed by atoms with E-state index in [-0.39, 0.29) is 5.91 Å². The van der Waals surface area contributed by atoms with Crippen LogP contribution in [-0.2, 0) is 11.3 Å². The minimum atomic E-state index is 0.127. The van der Waals surface area contributed by atoms with Gasteiger partial charge in [0.2, 0.25) is 5.91 Å². The van der Waals surface area contributed by atoms with Crippen molar-refractivity contribution in [2.45, 2.75) is 32.7 Å². The molecule has 1 unspecified atom stereocenters. The van der Waals surface area contributed by atoms with Crippen molar-refractivity contribution in [2.75, 3.05) is 53.6 Å². The second-order valence-electron chi connectivity index (χ2n) is 9.88. The second kappa shape index (κ2) is 12.7. The molecule has 0 saturated carbocycles. The molecule has 0 radical (unpaired) electrons. The average Bonchev–Trinajstić information content (AvgIpc) is 3.13. The third-order valence-corrected chi connectivity index (χ3v) is 6.88. The zero-order chi connectivity index (χ0) is 26.2. The maximum Gasteiger partial charge on any atom is 0.222 e. The molecule has 37 heavy (non-hydrogen) atoms. The van der Waals surface area contributed by atoms with Gasteiger partial charge in [0, 0.05) is 44.2 Å². The van der Waals surface area contributed by atoms with E-state index >= 15 is 0 Å². The van der Waals surface area contributed by atoms with E-state index in [2.05, 4.69) is 29.4 Å². The first kappa shape index (κ1) is 26.7. The van der Waals surface area contributed by atoms with Gasteiger partial charge in [0.25, 0.3) is 0 Å². The van der Waals surface area contributed by atoms with Crippen LogP contribution in [0.25, 0.3) is 11.1 Å². The number of hydrogen-bond donors (Lipinski definition) is 2. The molecule has 0 aromatic heterocycles. The summed E-state index contributed by atoms with van der Waals surface area (Å²) >= 11 is 0. The van der Waals surface area contributed by atoms with Crippen LogP contribution < -0.4 is 25.3 Å². The summed E-state index contributed by atoms with van der Waals surface area (Å²) in [5.41, 5.74) is 9.54. The minimum absolute atomic E-state index is 0.127. The molecular weight excluding hydrogens is 468 g/mol. The number of likely N-dealkylation sites (tertiary alicyclic amines) is 1. The molecule has 2 heterocycles. The third-order valence-electron chi connectivity index (χ3n) is 6.88. The fourth-order valence-electron chi connectivity index (χ4n) is 4.95. The summed E-state index contributed by atoms with van der Waals surface area (Å²) in [6, 6.07) is 12.1. The lowest BCUT2D eigenvalue weighted by atomic mass is 9.99. The Kier molecular flexibility index (Phi) is 9.17. The van der Waals surface area contributed by atoms with E-state index in [1.807, 2.05) is 36.1 Å². The largest absolute Gasteiger partial charge is 0.489 e. The first-order valence-corrected chi connectivity index (χ1v) is 13.2. The number of amides is 1. The number of nitrogens with two attached hydrogens (primary N) is 1. The van der Waals surface area contributed by atoms with Crippen LogP contribution in [0.3, 0.4) is 0 Å². The summed E-state index contributed by atoms with van der Waals surface area (Å²) < 4.78 is 18.4. The van der Waals surface area contributed by atoms with Crippen molar-refractivity contribution in [3.63, 3.8) is 0 Å². The second-order valence-corrected chi connectivity index (χ2v) is 9.88. The molecule has 0 aliphatic carbocycles. The van der Waals surface area contributed by atoms with E-state index in [4.69, 9.17) is 19.9 Å². The summed E-state index contributed by atoms with van der Waals surface area (Å²) in [7, 11) is 3.97. The van der Waals surface area contributed by atoms with Gasteiger partial charge in [0.1, 0.15) is 19.0 Å². The van der Waals surface area contributed by atoms with Gasteiger partial charge >= 0.3 is 0 Å². The van der Waals surface area contributed by atoms with Gasteiger partial charge in [0.15, 0.2) is 11.5 Å². The van der Waals surface area contributed by atoms with Gasteiger partial charge in [-0.1, -0.05) is 19.1 Å². The van der Waals surface area contributed by atoms with Gasteiger partial charge in [-0.3, -0.25) is 4.79 Å². The van der Waals surface area contributed by atoms with Crippen LogP contribution in [-0.4, -0.2) is 69.3 Å². The van der Waals surface area contributed by atoms with Crippen LogP contribution in [0.2, 0.25) is 0 Å². The Bertz CT molecular complexity index is 1090. The Morgan fingerprint density at radius 1 is 1.19 bits per heavy atom. The van der Waals surface area contributed by atoms with Crippen LogP contribution >= 0.6 is 0 Å². The van der Waals surface area contributed by atoms with E-state index in [0.717, 1.165) is 47.0 Å². The van der Waals surface area contributed by atoms with Gasteiger partial charge in [-0.25, -0.2) is 0 Å². The van der Waals surface area contributed by atoms with Crippen molar-refractivity contribution in [3.8, 4) is 28.4 Å². The number of carbonyl (C=O) groups excluding carboxylic acids is 1. The topological polar surface area (TPSA) is 89.3 Å². The number of rotatable bonds is 9. The molecule has 2 aliphatic rings. The number of benzene rings is 2. The molecule has 0 bridgehead atoms. The Morgan fingerprint density at radius 2 is 2.00 bits per heavy atom. The fourth-order valence-corrected chi connectivity index (χ4v) is 4.95. The summed E-state index contributed by atoms with van der Waals surface area (Å²) in [6.07, 6.45) is 4.55. The molecule has 2 aliphatic heterocycles. The van der Waals surface area contributed by atoms with E-state index in [9.17, 15) is 4.79 Å². The molecule has 8 nitrogen and oxygen atoms in total. The molecule has 1 atom stereocenters. The van der Waals surface area contributed by atoms with Crippen LogP contribution in [0, 0.1) is 5.92 Å². The monoisotopic (exact) mass is 508 g/mol. The number of nitrogens with zero attached hydrogens (tertiary/aromatic N) is 2. The van der Waals surface area contributed by atoms with Crippen LogP contribution in [0.5, 0.6) is 17.2 Å². The molecule has 0 spiro atoms. The normalized spacial score (nSPS) is 18.4. The van der Waals surface area contributed by atoms with E-state index in [1.165, 1.54) is 12.8 Å². The summed E-state index contributed by atoms with van der Waals surface area (Å²) in [5, 5.41) is 2.90. The Labute approximate surface area is 220 Å². The van der Waals surface area contributed by atoms with Gasteiger partial charge in [-0.15, -0.1) is 0 Å². The molecule has 1 fully saturated rings. The first-order chi connectivity index (χ1) is 18.0. The predicted octanol–water partition coefficient (Wildman–Crippen LogP) is 3.60. The van der Waals surface area contributed by atoms with Crippen molar-refractivity contribution in [1.82, 2.24) is 15.1 Å². The molecular formula is C29H40N4O4. The van der Waals surface area contributed by atoms with Crippen LogP contribution in [0.4, 0.5) is 0 Å². The van der Waals surface area contributed by atoms with Gasteiger partial charge < -0.3 is 35.1 Å². The lowest BCUT2D eigenvalue weighted by molar-refractivity contribution is -0.131. The Hall–Kier alpha value is -3.39. The highest BCUT2D eigenvalue weighted by Gasteiger charge is 2.24. The molecule has 4 rings (SSSR count). The molecule has 1 saturated heterocycles.